The van der Waals surface area contributed by atoms with Crippen LogP contribution in [0.5, 0.6) is 0 Å². The molecule has 0 atom stereocenters. The predicted molar refractivity (Wildman–Crippen MR) is 65.6 cm³/mol. The summed E-state index contributed by atoms with van der Waals surface area (Å²) in [6, 6.07) is 2.04. The third-order valence-electron chi connectivity index (χ3n) is 3.61. The van der Waals surface area contributed by atoms with Crippen LogP contribution in [0.4, 0.5) is 0 Å². The van der Waals surface area contributed by atoms with Gasteiger partial charge in [0.2, 0.25) is 5.91 Å². The molecule has 1 aliphatic rings. The van der Waals surface area contributed by atoms with E-state index in [1.807, 2.05) is 13.0 Å². The number of hydrogen-bond donors (Lipinski definition) is 1. The fourth-order valence-corrected chi connectivity index (χ4v) is 2.45. The van der Waals surface area contributed by atoms with Gasteiger partial charge in [0, 0.05) is 19.0 Å². The van der Waals surface area contributed by atoms with Crippen LogP contribution in [0.1, 0.15) is 39.0 Å². The fourth-order valence-electron chi connectivity index (χ4n) is 2.45. The maximum atomic E-state index is 12.2. The van der Waals surface area contributed by atoms with Gasteiger partial charge >= 0.3 is 5.97 Å². The summed E-state index contributed by atoms with van der Waals surface area (Å²) >= 11 is 0. The zero-order valence-corrected chi connectivity index (χ0v) is 10.8. The summed E-state index contributed by atoms with van der Waals surface area (Å²) < 4.78 is 0. The van der Waals surface area contributed by atoms with Crippen molar-refractivity contribution in [3.05, 3.63) is 0 Å². The Morgan fingerprint density at radius 2 is 1.83 bits per heavy atom. The van der Waals surface area contributed by atoms with Gasteiger partial charge in [-0.15, -0.1) is 0 Å². The highest BCUT2D eigenvalue weighted by molar-refractivity contribution is 5.79. The third-order valence-corrected chi connectivity index (χ3v) is 3.61. The first kappa shape index (κ1) is 14.5. The first-order valence-electron chi connectivity index (χ1n) is 6.48. The fraction of sp³-hybridized carbons (Fsp3) is 0.769. The topological polar surface area (TPSA) is 81.4 Å². The van der Waals surface area contributed by atoms with Gasteiger partial charge in [-0.05, 0) is 32.6 Å². The van der Waals surface area contributed by atoms with E-state index >= 15 is 0 Å². The molecule has 0 saturated heterocycles. The van der Waals surface area contributed by atoms with Crippen molar-refractivity contribution >= 4 is 11.9 Å². The molecule has 5 nitrogen and oxygen atoms in total. The molecule has 1 saturated carbocycles. The molecule has 5 heteroatoms. The second kappa shape index (κ2) is 7.00. The SMILES string of the molecule is CCN(CCC#N)C(=O)C1CCC(C(=O)O)CC1. The quantitative estimate of drug-likeness (QED) is 0.806. The normalized spacial score (nSPS) is 23.1. The molecule has 0 spiro atoms. The third kappa shape index (κ3) is 3.73. The molecule has 18 heavy (non-hydrogen) atoms. The Bertz CT molecular complexity index is 341. The molecule has 1 N–H and O–H groups in total. The summed E-state index contributed by atoms with van der Waals surface area (Å²) in [7, 11) is 0. The molecule has 1 fully saturated rings. The van der Waals surface area contributed by atoms with Gasteiger partial charge in [-0.25, -0.2) is 0 Å². The Balaban J connectivity index is 2.48. The largest absolute Gasteiger partial charge is 0.481 e. The lowest BCUT2D eigenvalue weighted by Gasteiger charge is -2.30. The van der Waals surface area contributed by atoms with Crippen molar-refractivity contribution in [2.24, 2.45) is 11.8 Å². The van der Waals surface area contributed by atoms with Crippen LogP contribution in [0.3, 0.4) is 0 Å². The minimum absolute atomic E-state index is 0.0563. The molecule has 1 amide bonds. The van der Waals surface area contributed by atoms with Crippen molar-refractivity contribution in [3.63, 3.8) is 0 Å². The van der Waals surface area contributed by atoms with Crippen LogP contribution >= 0.6 is 0 Å². The number of carbonyl (C=O) groups excluding carboxylic acids is 1. The lowest BCUT2D eigenvalue weighted by molar-refractivity contribution is -0.145. The Hall–Kier alpha value is -1.57. The van der Waals surface area contributed by atoms with Crippen molar-refractivity contribution < 1.29 is 14.7 Å². The van der Waals surface area contributed by atoms with Gasteiger partial charge in [0.05, 0.1) is 18.4 Å². The first-order chi connectivity index (χ1) is 8.60. The van der Waals surface area contributed by atoms with E-state index < -0.39 is 5.97 Å². The summed E-state index contributed by atoms with van der Waals surface area (Å²) in [6.07, 6.45) is 2.82. The number of carboxylic acids is 1. The summed E-state index contributed by atoms with van der Waals surface area (Å²) in [5, 5.41) is 17.4. The molecule has 100 valence electrons. The van der Waals surface area contributed by atoms with E-state index in [0.29, 0.717) is 45.2 Å². The Labute approximate surface area is 107 Å². The maximum Gasteiger partial charge on any atom is 0.306 e. The number of hydrogen-bond acceptors (Lipinski definition) is 3. The summed E-state index contributed by atoms with van der Waals surface area (Å²) in [4.78, 5) is 24.7. The minimum Gasteiger partial charge on any atom is -0.481 e. The molecule has 0 aromatic heterocycles. The molecule has 0 aromatic carbocycles. The Morgan fingerprint density at radius 3 is 2.28 bits per heavy atom. The van der Waals surface area contributed by atoms with E-state index in [9.17, 15) is 9.59 Å². The number of amides is 1. The van der Waals surface area contributed by atoms with Crippen LogP contribution in [-0.4, -0.2) is 35.0 Å². The number of nitrogens with zero attached hydrogens (tertiary/aromatic N) is 2. The first-order valence-corrected chi connectivity index (χ1v) is 6.48. The molecule has 1 rings (SSSR count). The van der Waals surface area contributed by atoms with Gasteiger partial charge in [-0.2, -0.15) is 5.26 Å². The summed E-state index contributed by atoms with van der Waals surface area (Å²) in [5.41, 5.74) is 0. The molecule has 0 bridgehead atoms. The van der Waals surface area contributed by atoms with Gasteiger partial charge in [-0.3, -0.25) is 9.59 Å². The predicted octanol–water partition coefficient (Wildman–Crippen LogP) is 1.64. The lowest BCUT2D eigenvalue weighted by atomic mass is 9.81. The zero-order valence-electron chi connectivity index (χ0n) is 10.8. The molecule has 0 aliphatic heterocycles. The highest BCUT2D eigenvalue weighted by Gasteiger charge is 2.31. The van der Waals surface area contributed by atoms with E-state index in [4.69, 9.17) is 10.4 Å². The second-order valence-electron chi connectivity index (χ2n) is 4.71. The number of carboxylic acid groups (broad SMARTS) is 1. The zero-order chi connectivity index (χ0) is 13.5. The summed E-state index contributed by atoms with van der Waals surface area (Å²) in [5.74, 6) is -1.02. The van der Waals surface area contributed by atoms with E-state index in [-0.39, 0.29) is 17.7 Å². The highest BCUT2D eigenvalue weighted by Crippen LogP contribution is 2.30. The van der Waals surface area contributed by atoms with Crippen LogP contribution in [0.25, 0.3) is 0 Å². The Kier molecular flexibility index (Phi) is 5.63. The average molecular weight is 252 g/mol. The standard InChI is InChI=1S/C13H20N2O3/c1-2-15(9-3-8-14)12(16)10-4-6-11(7-5-10)13(17)18/h10-11H,2-7,9H2,1H3,(H,17,18). The van der Waals surface area contributed by atoms with Crippen LogP contribution in [-0.2, 0) is 9.59 Å². The van der Waals surface area contributed by atoms with E-state index in [0.717, 1.165) is 0 Å². The number of aliphatic carboxylic acids is 1. The maximum absolute atomic E-state index is 12.2. The van der Waals surface area contributed by atoms with Crippen LogP contribution in [0.15, 0.2) is 0 Å². The molecule has 0 radical (unpaired) electrons. The molecule has 0 unspecified atom stereocenters. The van der Waals surface area contributed by atoms with E-state index in [1.165, 1.54) is 0 Å². The molecule has 0 heterocycles. The molecular formula is C13H20N2O3. The van der Waals surface area contributed by atoms with Gasteiger partial charge < -0.3 is 10.0 Å². The van der Waals surface area contributed by atoms with Gasteiger partial charge in [0.1, 0.15) is 0 Å². The van der Waals surface area contributed by atoms with Crippen molar-refractivity contribution in [2.75, 3.05) is 13.1 Å². The average Bonchev–Trinajstić information content (AvgIpc) is 2.39. The van der Waals surface area contributed by atoms with Crippen molar-refractivity contribution in [1.29, 1.82) is 5.26 Å². The highest BCUT2D eigenvalue weighted by atomic mass is 16.4. The lowest BCUT2D eigenvalue weighted by Crippen LogP contribution is -2.38. The number of carbonyl (C=O) groups is 2. The van der Waals surface area contributed by atoms with Crippen molar-refractivity contribution in [2.45, 2.75) is 39.0 Å². The van der Waals surface area contributed by atoms with Gasteiger partial charge in [-0.1, -0.05) is 0 Å². The summed E-state index contributed by atoms with van der Waals surface area (Å²) in [6.45, 7) is 2.99. The van der Waals surface area contributed by atoms with Crippen molar-refractivity contribution in [1.82, 2.24) is 4.90 Å². The monoisotopic (exact) mass is 252 g/mol. The van der Waals surface area contributed by atoms with E-state index in [1.54, 1.807) is 4.90 Å². The molecule has 1 aliphatic carbocycles. The number of rotatable bonds is 5. The van der Waals surface area contributed by atoms with Gasteiger partial charge in [0.25, 0.3) is 0 Å². The molecule has 0 aromatic rings. The van der Waals surface area contributed by atoms with Crippen molar-refractivity contribution in [3.8, 4) is 6.07 Å². The second-order valence-corrected chi connectivity index (χ2v) is 4.71. The van der Waals surface area contributed by atoms with E-state index in [2.05, 4.69) is 0 Å². The number of nitriles is 1. The smallest absolute Gasteiger partial charge is 0.306 e. The van der Waals surface area contributed by atoms with Crippen LogP contribution in [0.2, 0.25) is 0 Å². The van der Waals surface area contributed by atoms with Crippen LogP contribution in [0, 0.1) is 23.2 Å². The minimum atomic E-state index is -0.752. The molecular weight excluding hydrogens is 232 g/mol. The Morgan fingerprint density at radius 1 is 1.28 bits per heavy atom. The van der Waals surface area contributed by atoms with Crippen LogP contribution < -0.4 is 0 Å². The van der Waals surface area contributed by atoms with Gasteiger partial charge in [0.15, 0.2) is 0 Å².